The van der Waals surface area contributed by atoms with Gasteiger partial charge in [0.05, 0.1) is 5.56 Å². The smallest absolute Gasteiger partial charge is 0.257 e. The van der Waals surface area contributed by atoms with Crippen molar-refractivity contribution in [3.63, 3.8) is 0 Å². The van der Waals surface area contributed by atoms with Gasteiger partial charge in [-0.05, 0) is 38.0 Å². The van der Waals surface area contributed by atoms with E-state index in [2.05, 4.69) is 0 Å². The lowest BCUT2D eigenvalue weighted by molar-refractivity contribution is 0.0614. The van der Waals surface area contributed by atoms with E-state index in [1.165, 1.54) is 18.2 Å². The van der Waals surface area contributed by atoms with E-state index in [1.807, 2.05) is 6.92 Å². The van der Waals surface area contributed by atoms with E-state index >= 15 is 0 Å². The van der Waals surface area contributed by atoms with Crippen LogP contribution in [0.2, 0.25) is 5.02 Å². The van der Waals surface area contributed by atoms with Crippen molar-refractivity contribution in [2.45, 2.75) is 31.8 Å². The lowest BCUT2D eigenvalue weighted by atomic mass is 9.98. The molecule has 0 saturated carbocycles. The van der Waals surface area contributed by atoms with Crippen LogP contribution in [0, 0.1) is 5.82 Å². The minimum Gasteiger partial charge on any atom is -0.336 e. The number of hydrogen-bond acceptors (Lipinski definition) is 2. The van der Waals surface area contributed by atoms with Crippen molar-refractivity contribution in [3.05, 3.63) is 34.6 Å². The van der Waals surface area contributed by atoms with Gasteiger partial charge in [0.25, 0.3) is 5.91 Å². The molecule has 1 fully saturated rings. The highest BCUT2D eigenvalue weighted by molar-refractivity contribution is 6.31. The van der Waals surface area contributed by atoms with Crippen LogP contribution in [0.4, 0.5) is 4.39 Å². The number of rotatable bonds is 1. The fraction of sp³-hybridized carbons (Fsp3) is 0.462. The van der Waals surface area contributed by atoms with Crippen molar-refractivity contribution in [2.75, 3.05) is 6.54 Å². The molecule has 2 N–H and O–H groups in total. The average molecular weight is 271 g/mol. The van der Waals surface area contributed by atoms with E-state index < -0.39 is 5.82 Å². The zero-order chi connectivity index (χ0) is 13.3. The van der Waals surface area contributed by atoms with Crippen LogP contribution in [0.15, 0.2) is 18.2 Å². The fourth-order valence-electron chi connectivity index (χ4n) is 2.33. The Hall–Kier alpha value is -1.13. The van der Waals surface area contributed by atoms with E-state index in [0.717, 1.165) is 12.8 Å². The highest BCUT2D eigenvalue weighted by Crippen LogP contribution is 2.22. The van der Waals surface area contributed by atoms with Crippen molar-refractivity contribution >= 4 is 17.5 Å². The SMILES string of the molecule is C[C@H]1C[C@H](N)CCN1C(=O)c1cc(Cl)ccc1F. The molecule has 1 aromatic rings. The highest BCUT2D eigenvalue weighted by atomic mass is 35.5. The molecule has 1 amide bonds. The molecule has 1 aromatic carbocycles. The molecule has 98 valence electrons. The first-order chi connectivity index (χ1) is 8.49. The molecule has 0 bridgehead atoms. The molecule has 5 heteroatoms. The largest absolute Gasteiger partial charge is 0.336 e. The first kappa shape index (κ1) is 13.3. The van der Waals surface area contributed by atoms with Crippen LogP contribution >= 0.6 is 11.6 Å². The van der Waals surface area contributed by atoms with Gasteiger partial charge in [-0.15, -0.1) is 0 Å². The summed E-state index contributed by atoms with van der Waals surface area (Å²) in [5, 5.41) is 0.362. The summed E-state index contributed by atoms with van der Waals surface area (Å²) < 4.78 is 13.6. The van der Waals surface area contributed by atoms with Gasteiger partial charge >= 0.3 is 0 Å². The number of benzene rings is 1. The molecule has 3 nitrogen and oxygen atoms in total. The average Bonchev–Trinajstić information content (AvgIpc) is 2.31. The van der Waals surface area contributed by atoms with E-state index in [4.69, 9.17) is 17.3 Å². The van der Waals surface area contributed by atoms with Gasteiger partial charge in [-0.1, -0.05) is 11.6 Å². The molecular weight excluding hydrogens is 255 g/mol. The van der Waals surface area contributed by atoms with Crippen LogP contribution in [-0.2, 0) is 0 Å². The first-order valence-electron chi connectivity index (χ1n) is 6.00. The minimum atomic E-state index is -0.536. The van der Waals surface area contributed by atoms with Gasteiger partial charge in [0.15, 0.2) is 0 Å². The number of hydrogen-bond donors (Lipinski definition) is 1. The predicted molar refractivity (Wildman–Crippen MR) is 69.1 cm³/mol. The number of halogens is 2. The van der Waals surface area contributed by atoms with Crippen LogP contribution in [0.1, 0.15) is 30.1 Å². The van der Waals surface area contributed by atoms with E-state index in [9.17, 15) is 9.18 Å². The number of nitrogens with two attached hydrogens (primary N) is 1. The first-order valence-corrected chi connectivity index (χ1v) is 6.38. The second kappa shape index (κ2) is 5.24. The van der Waals surface area contributed by atoms with Crippen molar-refractivity contribution in [3.8, 4) is 0 Å². The van der Waals surface area contributed by atoms with Gasteiger partial charge < -0.3 is 10.6 Å². The topological polar surface area (TPSA) is 46.3 Å². The Bertz CT molecular complexity index is 466. The quantitative estimate of drug-likeness (QED) is 0.852. The van der Waals surface area contributed by atoms with E-state index in [-0.39, 0.29) is 23.6 Å². The van der Waals surface area contributed by atoms with Gasteiger partial charge in [-0.3, -0.25) is 4.79 Å². The summed E-state index contributed by atoms with van der Waals surface area (Å²) in [7, 11) is 0. The summed E-state index contributed by atoms with van der Waals surface area (Å²) in [6.07, 6.45) is 1.49. The molecule has 1 saturated heterocycles. The van der Waals surface area contributed by atoms with Crippen molar-refractivity contribution in [2.24, 2.45) is 5.73 Å². The summed E-state index contributed by atoms with van der Waals surface area (Å²) >= 11 is 5.80. The number of amides is 1. The Morgan fingerprint density at radius 3 is 2.94 bits per heavy atom. The van der Waals surface area contributed by atoms with Crippen LogP contribution < -0.4 is 5.73 Å². The van der Waals surface area contributed by atoms with E-state index in [1.54, 1.807) is 4.90 Å². The molecule has 0 spiro atoms. The normalized spacial score (nSPS) is 24.1. The van der Waals surface area contributed by atoms with Crippen LogP contribution in [-0.4, -0.2) is 29.4 Å². The number of piperidine rings is 1. The lowest BCUT2D eigenvalue weighted by Crippen LogP contribution is -2.48. The van der Waals surface area contributed by atoms with Gasteiger partial charge in [0.2, 0.25) is 0 Å². The van der Waals surface area contributed by atoms with Gasteiger partial charge in [0.1, 0.15) is 5.82 Å². The molecule has 2 rings (SSSR count). The second-order valence-electron chi connectivity index (χ2n) is 4.76. The number of nitrogens with zero attached hydrogens (tertiary/aromatic N) is 1. The maximum absolute atomic E-state index is 13.6. The minimum absolute atomic E-state index is 0.0274. The molecule has 1 aliphatic heterocycles. The molecule has 0 aromatic heterocycles. The maximum Gasteiger partial charge on any atom is 0.257 e. The number of carbonyl (C=O) groups excluding carboxylic acids is 1. The second-order valence-corrected chi connectivity index (χ2v) is 5.19. The zero-order valence-electron chi connectivity index (χ0n) is 10.2. The number of likely N-dealkylation sites (tertiary alicyclic amines) is 1. The third kappa shape index (κ3) is 2.65. The Labute approximate surface area is 111 Å². The third-order valence-corrected chi connectivity index (χ3v) is 3.57. The highest BCUT2D eigenvalue weighted by Gasteiger charge is 2.29. The van der Waals surface area contributed by atoms with Gasteiger partial charge in [-0.25, -0.2) is 4.39 Å². The van der Waals surface area contributed by atoms with Crippen LogP contribution in [0.5, 0.6) is 0 Å². The van der Waals surface area contributed by atoms with Gasteiger partial charge in [-0.2, -0.15) is 0 Å². The Morgan fingerprint density at radius 2 is 2.28 bits per heavy atom. The number of carbonyl (C=O) groups is 1. The summed E-state index contributed by atoms with van der Waals surface area (Å²) in [4.78, 5) is 13.9. The van der Waals surface area contributed by atoms with Gasteiger partial charge in [0, 0.05) is 23.7 Å². The Morgan fingerprint density at radius 1 is 1.56 bits per heavy atom. The molecule has 1 heterocycles. The Kier molecular flexibility index (Phi) is 3.88. The standard InChI is InChI=1S/C13H16ClFN2O/c1-8-6-10(16)4-5-17(8)13(18)11-7-9(14)2-3-12(11)15/h2-3,7-8,10H,4-6,16H2,1H3/t8-,10+/m0/s1. The molecular formula is C13H16ClFN2O. The molecule has 0 unspecified atom stereocenters. The third-order valence-electron chi connectivity index (χ3n) is 3.34. The van der Waals surface area contributed by atoms with Crippen molar-refractivity contribution < 1.29 is 9.18 Å². The summed E-state index contributed by atoms with van der Waals surface area (Å²) in [5.41, 5.74) is 5.88. The monoisotopic (exact) mass is 270 g/mol. The molecule has 1 aliphatic rings. The molecule has 0 radical (unpaired) electrons. The molecule has 18 heavy (non-hydrogen) atoms. The maximum atomic E-state index is 13.6. The summed E-state index contributed by atoms with van der Waals surface area (Å²) in [6.45, 7) is 2.49. The van der Waals surface area contributed by atoms with Crippen molar-refractivity contribution in [1.29, 1.82) is 0 Å². The van der Waals surface area contributed by atoms with Crippen LogP contribution in [0.3, 0.4) is 0 Å². The predicted octanol–water partition coefficient (Wildman–Crippen LogP) is 2.43. The van der Waals surface area contributed by atoms with Crippen LogP contribution in [0.25, 0.3) is 0 Å². The van der Waals surface area contributed by atoms with E-state index in [0.29, 0.717) is 11.6 Å². The lowest BCUT2D eigenvalue weighted by Gasteiger charge is -2.36. The Balaban J connectivity index is 2.23. The summed E-state index contributed by atoms with van der Waals surface area (Å²) in [5.74, 6) is -0.846. The van der Waals surface area contributed by atoms with Crippen molar-refractivity contribution in [1.82, 2.24) is 4.90 Å². The zero-order valence-corrected chi connectivity index (χ0v) is 11.0. The molecule has 0 aliphatic carbocycles. The molecule has 2 atom stereocenters. The summed E-state index contributed by atoms with van der Waals surface area (Å²) in [6, 6.07) is 4.17. The fourth-order valence-corrected chi connectivity index (χ4v) is 2.50.